The lowest BCUT2D eigenvalue weighted by atomic mass is 10.1. The van der Waals surface area contributed by atoms with Crippen molar-refractivity contribution in [1.29, 1.82) is 0 Å². The van der Waals surface area contributed by atoms with Gasteiger partial charge in [0.1, 0.15) is 6.04 Å². The largest absolute Gasteiger partial charge is 0.373 e. The number of anilines is 1. The Hall–Kier alpha value is -2.36. The molecule has 20 heavy (non-hydrogen) atoms. The second-order valence-corrected chi connectivity index (χ2v) is 4.96. The SMILES string of the molecule is O=C1CC(Nc2ccccc2)C(=O)N1C1=CC=CCC1. The van der Waals surface area contributed by atoms with Gasteiger partial charge in [-0.1, -0.05) is 30.4 Å². The molecule has 1 aromatic rings. The minimum absolute atomic E-state index is 0.120. The summed E-state index contributed by atoms with van der Waals surface area (Å²) in [5.74, 6) is -0.273. The van der Waals surface area contributed by atoms with Crippen molar-refractivity contribution in [2.24, 2.45) is 0 Å². The molecule has 3 rings (SSSR count). The van der Waals surface area contributed by atoms with Gasteiger partial charge >= 0.3 is 0 Å². The number of nitrogens with one attached hydrogen (secondary N) is 1. The highest BCUT2D eigenvalue weighted by Gasteiger charge is 2.40. The molecule has 0 bridgehead atoms. The molecule has 4 nitrogen and oxygen atoms in total. The van der Waals surface area contributed by atoms with Crippen LogP contribution in [0.4, 0.5) is 5.69 Å². The molecule has 1 aliphatic carbocycles. The Morgan fingerprint density at radius 2 is 1.95 bits per heavy atom. The summed E-state index contributed by atoms with van der Waals surface area (Å²) in [5.41, 5.74) is 1.66. The van der Waals surface area contributed by atoms with Crippen molar-refractivity contribution in [2.75, 3.05) is 5.32 Å². The molecule has 0 aromatic heterocycles. The summed E-state index contributed by atoms with van der Waals surface area (Å²) in [5, 5.41) is 3.13. The molecule has 1 heterocycles. The highest BCUT2D eigenvalue weighted by atomic mass is 16.2. The first kappa shape index (κ1) is 12.7. The van der Waals surface area contributed by atoms with E-state index in [2.05, 4.69) is 5.32 Å². The van der Waals surface area contributed by atoms with E-state index in [1.165, 1.54) is 4.90 Å². The molecule has 1 atom stereocenters. The maximum atomic E-state index is 12.4. The van der Waals surface area contributed by atoms with Gasteiger partial charge in [0.15, 0.2) is 0 Å². The lowest BCUT2D eigenvalue weighted by Crippen LogP contribution is -2.34. The van der Waals surface area contributed by atoms with Crippen molar-refractivity contribution in [2.45, 2.75) is 25.3 Å². The number of amides is 2. The summed E-state index contributed by atoms with van der Waals surface area (Å²) in [6, 6.07) is 9.03. The fourth-order valence-corrected chi connectivity index (χ4v) is 2.56. The minimum atomic E-state index is -0.461. The van der Waals surface area contributed by atoms with Crippen molar-refractivity contribution in [3.63, 3.8) is 0 Å². The van der Waals surface area contributed by atoms with Crippen LogP contribution >= 0.6 is 0 Å². The second-order valence-electron chi connectivity index (χ2n) is 4.96. The lowest BCUT2D eigenvalue weighted by molar-refractivity contribution is -0.136. The number of likely N-dealkylation sites (tertiary alicyclic amines) is 1. The average molecular weight is 268 g/mol. The fraction of sp³-hybridized carbons (Fsp3) is 0.250. The summed E-state index contributed by atoms with van der Waals surface area (Å²) >= 11 is 0. The fourth-order valence-electron chi connectivity index (χ4n) is 2.56. The van der Waals surface area contributed by atoms with Crippen molar-refractivity contribution < 1.29 is 9.59 Å². The van der Waals surface area contributed by atoms with Crippen LogP contribution in [0.15, 0.2) is 54.3 Å². The zero-order valence-corrected chi connectivity index (χ0v) is 11.1. The first-order valence-corrected chi connectivity index (χ1v) is 6.80. The molecule has 0 saturated carbocycles. The van der Waals surface area contributed by atoms with Crippen LogP contribution in [-0.4, -0.2) is 22.8 Å². The van der Waals surface area contributed by atoms with Crippen LogP contribution in [0.3, 0.4) is 0 Å². The van der Waals surface area contributed by atoms with Crippen LogP contribution in [0.25, 0.3) is 0 Å². The van der Waals surface area contributed by atoms with E-state index in [4.69, 9.17) is 0 Å². The van der Waals surface area contributed by atoms with Gasteiger partial charge in [0.2, 0.25) is 5.91 Å². The lowest BCUT2D eigenvalue weighted by Gasteiger charge is -2.20. The Labute approximate surface area is 117 Å². The number of carbonyl (C=O) groups excluding carboxylic acids is 2. The first-order valence-electron chi connectivity index (χ1n) is 6.80. The molecule has 102 valence electrons. The van der Waals surface area contributed by atoms with Gasteiger partial charge in [0.05, 0.1) is 6.42 Å². The quantitative estimate of drug-likeness (QED) is 0.857. The molecule has 1 aliphatic heterocycles. The predicted octanol–water partition coefficient (Wildman–Crippen LogP) is 2.46. The average Bonchev–Trinajstić information content (AvgIpc) is 2.75. The van der Waals surface area contributed by atoms with Crippen LogP contribution in [0.2, 0.25) is 0 Å². The molecular weight excluding hydrogens is 252 g/mol. The van der Waals surface area contributed by atoms with Crippen molar-refractivity contribution in [3.8, 4) is 0 Å². The number of nitrogens with zero attached hydrogens (tertiary/aromatic N) is 1. The van der Waals surface area contributed by atoms with E-state index in [-0.39, 0.29) is 18.2 Å². The number of benzene rings is 1. The number of para-hydroxylation sites is 1. The van der Waals surface area contributed by atoms with Gasteiger partial charge < -0.3 is 5.32 Å². The predicted molar refractivity (Wildman–Crippen MR) is 76.8 cm³/mol. The maximum absolute atomic E-state index is 12.4. The summed E-state index contributed by atoms with van der Waals surface area (Å²) in [6.45, 7) is 0. The Bertz CT molecular complexity index is 590. The topological polar surface area (TPSA) is 49.4 Å². The second kappa shape index (κ2) is 5.33. The van der Waals surface area contributed by atoms with Crippen LogP contribution in [0, 0.1) is 0 Å². The first-order chi connectivity index (χ1) is 9.75. The number of carbonyl (C=O) groups is 2. The van der Waals surface area contributed by atoms with Gasteiger partial charge in [0.25, 0.3) is 5.91 Å². The van der Waals surface area contributed by atoms with Gasteiger partial charge in [-0.3, -0.25) is 14.5 Å². The van der Waals surface area contributed by atoms with E-state index in [0.29, 0.717) is 0 Å². The molecule has 1 saturated heterocycles. The van der Waals surface area contributed by atoms with E-state index < -0.39 is 6.04 Å². The van der Waals surface area contributed by atoms with Crippen LogP contribution in [0.5, 0.6) is 0 Å². The Kier molecular flexibility index (Phi) is 3.37. The zero-order chi connectivity index (χ0) is 13.9. The van der Waals surface area contributed by atoms with Gasteiger partial charge in [-0.15, -0.1) is 0 Å². The molecular formula is C16H16N2O2. The van der Waals surface area contributed by atoms with E-state index >= 15 is 0 Å². The third-order valence-electron chi connectivity index (χ3n) is 3.54. The third-order valence-corrected chi connectivity index (χ3v) is 3.54. The Balaban J connectivity index is 1.77. The van der Waals surface area contributed by atoms with Crippen LogP contribution < -0.4 is 5.32 Å². The molecule has 0 radical (unpaired) electrons. The van der Waals surface area contributed by atoms with Crippen LogP contribution in [0.1, 0.15) is 19.3 Å². The number of rotatable bonds is 3. The Morgan fingerprint density at radius 1 is 1.15 bits per heavy atom. The number of imide groups is 1. The van der Waals surface area contributed by atoms with Crippen LogP contribution in [-0.2, 0) is 9.59 Å². The molecule has 0 spiro atoms. The smallest absolute Gasteiger partial charge is 0.256 e. The molecule has 2 aliphatic rings. The molecule has 1 unspecified atom stereocenters. The number of allylic oxidation sites excluding steroid dienone is 4. The van der Waals surface area contributed by atoms with E-state index in [9.17, 15) is 9.59 Å². The number of hydrogen-bond acceptors (Lipinski definition) is 3. The van der Waals surface area contributed by atoms with E-state index in [1.807, 2.05) is 48.6 Å². The summed E-state index contributed by atoms with van der Waals surface area (Å²) in [6.07, 6.45) is 7.62. The zero-order valence-electron chi connectivity index (χ0n) is 11.1. The highest BCUT2D eigenvalue weighted by Crippen LogP contribution is 2.25. The van der Waals surface area contributed by atoms with Crippen molar-refractivity contribution in [3.05, 3.63) is 54.3 Å². The highest BCUT2D eigenvalue weighted by molar-refractivity contribution is 6.08. The van der Waals surface area contributed by atoms with Crippen molar-refractivity contribution in [1.82, 2.24) is 4.90 Å². The van der Waals surface area contributed by atoms with E-state index in [1.54, 1.807) is 0 Å². The van der Waals surface area contributed by atoms with Gasteiger partial charge in [-0.2, -0.15) is 0 Å². The molecule has 1 aromatic carbocycles. The molecule has 1 fully saturated rings. The summed E-state index contributed by atoms with van der Waals surface area (Å²) in [7, 11) is 0. The van der Waals surface area contributed by atoms with Crippen molar-refractivity contribution >= 4 is 17.5 Å². The monoisotopic (exact) mass is 268 g/mol. The molecule has 1 N–H and O–H groups in total. The summed E-state index contributed by atoms with van der Waals surface area (Å²) in [4.78, 5) is 25.8. The normalized spacial score (nSPS) is 22.1. The Morgan fingerprint density at radius 3 is 2.65 bits per heavy atom. The maximum Gasteiger partial charge on any atom is 0.256 e. The van der Waals surface area contributed by atoms with E-state index in [0.717, 1.165) is 24.2 Å². The van der Waals surface area contributed by atoms with Gasteiger partial charge in [0, 0.05) is 11.4 Å². The number of hydrogen-bond donors (Lipinski definition) is 1. The third kappa shape index (κ3) is 2.37. The minimum Gasteiger partial charge on any atom is -0.373 e. The molecule has 2 amide bonds. The van der Waals surface area contributed by atoms with Gasteiger partial charge in [-0.05, 0) is 31.1 Å². The van der Waals surface area contributed by atoms with Gasteiger partial charge in [-0.25, -0.2) is 0 Å². The summed E-state index contributed by atoms with van der Waals surface area (Å²) < 4.78 is 0. The molecule has 4 heteroatoms. The standard InChI is InChI=1S/C16H16N2O2/c19-15-11-14(17-12-7-3-1-4-8-12)16(20)18(15)13-9-5-2-6-10-13/h1-5,7-9,14,17H,6,10-11H2.